The Bertz CT molecular complexity index is 267. The topological polar surface area (TPSA) is 56.2 Å². The summed E-state index contributed by atoms with van der Waals surface area (Å²) < 4.78 is 5.62. The first-order chi connectivity index (χ1) is 4.66. The Labute approximate surface area is 66.3 Å². The molecule has 1 aromatic rings. The van der Waals surface area contributed by atoms with Crippen molar-refractivity contribution in [3.8, 4) is 0 Å². The van der Waals surface area contributed by atoms with Crippen molar-refractivity contribution in [1.29, 1.82) is 0 Å². The van der Waals surface area contributed by atoms with Crippen molar-refractivity contribution >= 4 is 27.9 Å². The highest BCUT2D eigenvalue weighted by Gasteiger charge is 2.10. The first-order valence-electron chi connectivity index (χ1n) is 2.66. The summed E-state index contributed by atoms with van der Waals surface area (Å²) in [6, 6.07) is 0. The van der Waals surface area contributed by atoms with E-state index in [2.05, 4.69) is 15.9 Å². The number of halogens is 1. The van der Waals surface area contributed by atoms with Gasteiger partial charge in [0.2, 0.25) is 0 Å². The molecule has 0 amide bonds. The number of hydrogen-bond acceptors (Lipinski definition) is 3. The highest BCUT2D eigenvalue weighted by atomic mass is 79.9. The van der Waals surface area contributed by atoms with Gasteiger partial charge in [-0.3, -0.25) is 4.79 Å². The number of rotatable bonds is 1. The molecule has 54 valence electrons. The first kappa shape index (κ1) is 7.34. The van der Waals surface area contributed by atoms with Crippen molar-refractivity contribution in [3.63, 3.8) is 0 Å². The lowest BCUT2D eigenvalue weighted by atomic mass is 10.4. The van der Waals surface area contributed by atoms with Crippen LogP contribution in [0.4, 0.5) is 5.69 Å². The van der Waals surface area contributed by atoms with Gasteiger partial charge >= 0.3 is 0 Å². The molecule has 4 heteroatoms. The van der Waals surface area contributed by atoms with E-state index in [4.69, 9.17) is 10.2 Å². The maximum absolute atomic E-state index is 10.2. The maximum Gasteiger partial charge on any atom is 0.190 e. The van der Waals surface area contributed by atoms with Crippen LogP contribution in [0, 0.1) is 6.92 Å². The number of carbonyl (C=O) groups is 1. The van der Waals surface area contributed by atoms with E-state index >= 15 is 0 Å². The molecule has 2 N–H and O–H groups in total. The average molecular weight is 204 g/mol. The SMILES string of the molecule is Cc1oc(C=O)c(N)c1Br. The van der Waals surface area contributed by atoms with Gasteiger partial charge in [0.25, 0.3) is 0 Å². The third kappa shape index (κ3) is 0.945. The van der Waals surface area contributed by atoms with Gasteiger partial charge in [0.1, 0.15) is 5.76 Å². The highest BCUT2D eigenvalue weighted by Crippen LogP contribution is 2.28. The molecule has 0 aliphatic carbocycles. The van der Waals surface area contributed by atoms with Gasteiger partial charge in [-0.1, -0.05) is 0 Å². The van der Waals surface area contributed by atoms with Gasteiger partial charge in [0.05, 0.1) is 10.2 Å². The molecule has 1 rings (SSSR count). The van der Waals surface area contributed by atoms with E-state index in [1.165, 1.54) is 0 Å². The van der Waals surface area contributed by atoms with Gasteiger partial charge in [0, 0.05) is 0 Å². The third-order valence-corrected chi connectivity index (χ3v) is 2.17. The Balaban J connectivity index is 3.30. The van der Waals surface area contributed by atoms with E-state index in [1.54, 1.807) is 6.92 Å². The van der Waals surface area contributed by atoms with E-state index < -0.39 is 0 Å². The van der Waals surface area contributed by atoms with Crippen LogP contribution >= 0.6 is 15.9 Å². The summed E-state index contributed by atoms with van der Waals surface area (Å²) in [5.41, 5.74) is 5.81. The van der Waals surface area contributed by atoms with Crippen LogP contribution in [0.25, 0.3) is 0 Å². The number of anilines is 1. The molecule has 1 aromatic heterocycles. The molecular weight excluding hydrogens is 198 g/mol. The second-order valence-corrected chi connectivity index (χ2v) is 2.66. The van der Waals surface area contributed by atoms with E-state index in [1.807, 2.05) is 0 Å². The monoisotopic (exact) mass is 203 g/mol. The van der Waals surface area contributed by atoms with E-state index in [9.17, 15) is 4.79 Å². The molecule has 0 fully saturated rings. The van der Waals surface area contributed by atoms with Crippen LogP contribution in [0.15, 0.2) is 8.89 Å². The second kappa shape index (κ2) is 2.46. The maximum atomic E-state index is 10.2. The average Bonchev–Trinajstić information content (AvgIpc) is 2.17. The molecule has 1 heterocycles. The Morgan fingerprint density at radius 3 is 2.50 bits per heavy atom. The van der Waals surface area contributed by atoms with Crippen LogP contribution in [0.2, 0.25) is 0 Å². The number of hydrogen-bond donors (Lipinski definition) is 1. The smallest absolute Gasteiger partial charge is 0.190 e. The molecule has 0 atom stereocenters. The first-order valence-corrected chi connectivity index (χ1v) is 3.45. The number of carbonyl (C=O) groups excluding carboxylic acids is 1. The van der Waals surface area contributed by atoms with Crippen molar-refractivity contribution in [2.24, 2.45) is 0 Å². The van der Waals surface area contributed by atoms with Crippen LogP contribution in [0.3, 0.4) is 0 Å². The van der Waals surface area contributed by atoms with Crippen molar-refractivity contribution in [2.75, 3.05) is 5.73 Å². The quantitative estimate of drug-likeness (QED) is 0.708. The van der Waals surface area contributed by atoms with Gasteiger partial charge in [-0.15, -0.1) is 0 Å². The second-order valence-electron chi connectivity index (χ2n) is 1.87. The van der Waals surface area contributed by atoms with Crippen molar-refractivity contribution in [2.45, 2.75) is 6.92 Å². The lowest BCUT2D eigenvalue weighted by Gasteiger charge is -1.83. The lowest BCUT2D eigenvalue weighted by molar-refractivity contribution is 0.110. The predicted octanol–water partition coefficient (Wildman–Crippen LogP) is 1.75. The molecule has 3 nitrogen and oxygen atoms in total. The molecule has 0 aliphatic heterocycles. The fraction of sp³-hybridized carbons (Fsp3) is 0.167. The number of aryl methyl sites for hydroxylation is 1. The van der Waals surface area contributed by atoms with Gasteiger partial charge in [-0.2, -0.15) is 0 Å². The number of aldehydes is 1. The summed E-state index contributed by atoms with van der Waals surface area (Å²) in [5, 5.41) is 0. The van der Waals surface area contributed by atoms with Crippen molar-refractivity contribution in [1.82, 2.24) is 0 Å². The fourth-order valence-electron chi connectivity index (χ4n) is 0.650. The minimum atomic E-state index is 0.185. The fourth-order valence-corrected chi connectivity index (χ4v) is 0.926. The highest BCUT2D eigenvalue weighted by molar-refractivity contribution is 9.10. The molecule has 0 saturated heterocycles. The van der Waals surface area contributed by atoms with Crippen LogP contribution in [-0.4, -0.2) is 6.29 Å². The molecule has 0 radical (unpaired) electrons. The van der Waals surface area contributed by atoms with Crippen LogP contribution in [0.5, 0.6) is 0 Å². The molecule has 0 bridgehead atoms. The molecule has 0 unspecified atom stereocenters. The van der Waals surface area contributed by atoms with Gasteiger partial charge in [0.15, 0.2) is 12.0 Å². The van der Waals surface area contributed by atoms with Crippen LogP contribution in [-0.2, 0) is 0 Å². The summed E-state index contributed by atoms with van der Waals surface area (Å²) in [7, 11) is 0. The molecule has 0 aromatic carbocycles. The van der Waals surface area contributed by atoms with Crippen molar-refractivity contribution < 1.29 is 9.21 Å². The normalized spacial score (nSPS) is 9.80. The summed E-state index contributed by atoms with van der Waals surface area (Å²) in [4.78, 5) is 10.2. The Morgan fingerprint density at radius 2 is 2.30 bits per heavy atom. The Hall–Kier alpha value is -0.770. The molecular formula is C6H6BrNO2. The minimum Gasteiger partial charge on any atom is -0.455 e. The van der Waals surface area contributed by atoms with Gasteiger partial charge in [-0.05, 0) is 22.9 Å². The summed E-state index contributed by atoms with van der Waals surface area (Å²) in [6.07, 6.45) is 0.590. The zero-order valence-corrected chi connectivity index (χ0v) is 6.94. The number of nitrogen functional groups attached to an aromatic ring is 1. The van der Waals surface area contributed by atoms with Gasteiger partial charge in [-0.25, -0.2) is 0 Å². The minimum absolute atomic E-state index is 0.185. The Kier molecular flexibility index (Phi) is 1.80. The van der Waals surface area contributed by atoms with Crippen LogP contribution < -0.4 is 5.73 Å². The number of nitrogens with two attached hydrogens (primary N) is 1. The van der Waals surface area contributed by atoms with Crippen LogP contribution in [0.1, 0.15) is 16.3 Å². The lowest BCUT2D eigenvalue weighted by Crippen LogP contribution is -1.86. The molecule has 0 spiro atoms. The Morgan fingerprint density at radius 1 is 1.70 bits per heavy atom. The third-order valence-electron chi connectivity index (χ3n) is 1.18. The molecule has 10 heavy (non-hydrogen) atoms. The summed E-state index contributed by atoms with van der Waals surface area (Å²) in [6.45, 7) is 1.73. The standard InChI is InChI=1S/C6H6BrNO2/c1-3-5(7)6(8)4(2-9)10-3/h2H,8H2,1H3. The predicted molar refractivity (Wildman–Crippen MR) is 40.9 cm³/mol. The molecule has 0 aliphatic rings. The van der Waals surface area contributed by atoms with Gasteiger partial charge < -0.3 is 10.2 Å². The zero-order valence-electron chi connectivity index (χ0n) is 5.35. The van der Waals surface area contributed by atoms with E-state index in [0.29, 0.717) is 22.2 Å². The summed E-state index contributed by atoms with van der Waals surface area (Å²) >= 11 is 3.16. The van der Waals surface area contributed by atoms with E-state index in [-0.39, 0.29) is 5.76 Å². The summed E-state index contributed by atoms with van der Waals surface area (Å²) in [5.74, 6) is 0.809. The zero-order chi connectivity index (χ0) is 7.72. The van der Waals surface area contributed by atoms with E-state index in [0.717, 1.165) is 0 Å². The number of furan rings is 1. The van der Waals surface area contributed by atoms with Crippen molar-refractivity contribution in [3.05, 3.63) is 16.0 Å². The largest absolute Gasteiger partial charge is 0.455 e. The molecule has 0 saturated carbocycles.